The average Bonchev–Trinajstić information content (AvgIpc) is 2.36. The van der Waals surface area contributed by atoms with Crippen LogP contribution < -0.4 is 11.1 Å². The maximum absolute atomic E-state index is 12.1. The fraction of sp³-hybridized carbons (Fsp3) is 0.231. The van der Waals surface area contributed by atoms with Crippen LogP contribution in [-0.4, -0.2) is 23.4 Å². The van der Waals surface area contributed by atoms with Gasteiger partial charge in [0.15, 0.2) is 0 Å². The normalized spacial score (nSPS) is 13.1. The third-order valence-corrected chi connectivity index (χ3v) is 3.07. The maximum atomic E-state index is 12.1. The van der Waals surface area contributed by atoms with E-state index in [1.54, 1.807) is 0 Å². The second kappa shape index (κ2) is 7.16. The number of amides is 2. The van der Waals surface area contributed by atoms with E-state index in [0.717, 1.165) is 0 Å². The van der Waals surface area contributed by atoms with Crippen molar-refractivity contribution in [1.82, 2.24) is 5.32 Å². The highest BCUT2D eigenvalue weighted by Gasteiger charge is 2.28. The summed E-state index contributed by atoms with van der Waals surface area (Å²) in [5.74, 6) is -1.18. The molecule has 114 valence electrons. The Morgan fingerprint density at radius 1 is 1.29 bits per heavy atom. The Bertz CT molecular complexity index is 541. The second-order valence-electron chi connectivity index (χ2n) is 4.08. The van der Waals surface area contributed by atoms with Crippen molar-refractivity contribution in [3.05, 3.63) is 35.9 Å². The van der Waals surface area contributed by atoms with E-state index in [0.29, 0.717) is 5.56 Å². The molecule has 3 N–H and O–H groups in total. The van der Waals surface area contributed by atoms with Crippen molar-refractivity contribution in [3.8, 4) is 0 Å². The van der Waals surface area contributed by atoms with Gasteiger partial charge < -0.3 is 11.1 Å². The van der Waals surface area contributed by atoms with Crippen molar-refractivity contribution in [2.24, 2.45) is 5.73 Å². The molecule has 0 fully saturated rings. The van der Waals surface area contributed by atoms with Crippen molar-refractivity contribution in [3.63, 3.8) is 0 Å². The Morgan fingerprint density at radius 2 is 1.86 bits per heavy atom. The van der Waals surface area contributed by atoms with Gasteiger partial charge in [0.1, 0.15) is 6.04 Å². The molecule has 1 aromatic rings. The molecule has 0 aliphatic heterocycles. The molecule has 0 aliphatic rings. The number of carbonyl (C=O) groups is 2. The molecule has 0 saturated heterocycles. The zero-order chi connectivity index (χ0) is 16.0. The standard InChI is InChI=1S/C13H13F3N2O2S/c1-8(12(17)20)18-11(19)7-4-9-2-5-10(6-3-9)21-13(14,15)16/h2-8H,1H3,(H2,17,20)(H,18,19)/b7-4+. The minimum atomic E-state index is -4.33. The number of primary amides is 1. The number of nitrogens with one attached hydrogen (secondary N) is 1. The van der Waals surface area contributed by atoms with E-state index in [1.807, 2.05) is 0 Å². The van der Waals surface area contributed by atoms with Crippen LogP contribution in [0, 0.1) is 0 Å². The van der Waals surface area contributed by atoms with Crippen LogP contribution in [0.3, 0.4) is 0 Å². The summed E-state index contributed by atoms with van der Waals surface area (Å²) < 4.78 is 36.4. The molecule has 0 saturated carbocycles. The quantitative estimate of drug-likeness (QED) is 0.646. The molecule has 0 aromatic heterocycles. The monoisotopic (exact) mass is 318 g/mol. The summed E-state index contributed by atoms with van der Waals surface area (Å²) in [5.41, 5.74) is 1.21. The molecule has 8 heteroatoms. The van der Waals surface area contributed by atoms with Crippen molar-refractivity contribution in [1.29, 1.82) is 0 Å². The number of alkyl halides is 3. The van der Waals surface area contributed by atoms with Crippen molar-refractivity contribution >= 4 is 29.7 Å². The molecule has 0 spiro atoms. The summed E-state index contributed by atoms with van der Waals surface area (Å²) in [6, 6.07) is 4.72. The van der Waals surface area contributed by atoms with Gasteiger partial charge in [-0.2, -0.15) is 13.2 Å². The van der Waals surface area contributed by atoms with Crippen LogP contribution in [0.5, 0.6) is 0 Å². The molecule has 1 rings (SSSR count). The summed E-state index contributed by atoms with van der Waals surface area (Å²) in [6.45, 7) is 1.44. The summed E-state index contributed by atoms with van der Waals surface area (Å²) in [4.78, 5) is 22.2. The van der Waals surface area contributed by atoms with Crippen LogP contribution in [0.25, 0.3) is 6.08 Å². The van der Waals surface area contributed by atoms with E-state index in [9.17, 15) is 22.8 Å². The van der Waals surface area contributed by atoms with E-state index in [4.69, 9.17) is 5.73 Å². The molecule has 0 radical (unpaired) electrons. The molecule has 0 heterocycles. The van der Waals surface area contributed by atoms with Gasteiger partial charge in [-0.15, -0.1) is 0 Å². The van der Waals surface area contributed by atoms with Gasteiger partial charge >= 0.3 is 5.51 Å². The average molecular weight is 318 g/mol. The lowest BCUT2D eigenvalue weighted by atomic mass is 10.2. The smallest absolute Gasteiger partial charge is 0.368 e. The van der Waals surface area contributed by atoms with Gasteiger partial charge in [0, 0.05) is 11.0 Å². The van der Waals surface area contributed by atoms with E-state index in [1.165, 1.54) is 43.3 Å². The summed E-state index contributed by atoms with van der Waals surface area (Å²) in [5, 5.41) is 2.34. The Morgan fingerprint density at radius 3 is 2.33 bits per heavy atom. The van der Waals surface area contributed by atoms with E-state index in [-0.39, 0.29) is 16.7 Å². The van der Waals surface area contributed by atoms with Crippen LogP contribution in [0.1, 0.15) is 12.5 Å². The molecule has 1 aromatic carbocycles. The van der Waals surface area contributed by atoms with E-state index in [2.05, 4.69) is 5.32 Å². The summed E-state index contributed by atoms with van der Waals surface area (Å²) in [6.07, 6.45) is 2.59. The Hall–Kier alpha value is -1.96. The Balaban J connectivity index is 2.61. The van der Waals surface area contributed by atoms with Crippen LogP contribution >= 0.6 is 11.8 Å². The van der Waals surface area contributed by atoms with Gasteiger partial charge in [-0.05, 0) is 42.5 Å². The number of thioether (sulfide) groups is 1. The SMILES string of the molecule is CC(NC(=O)/C=C/c1ccc(SC(F)(F)F)cc1)C(N)=O. The number of halogens is 3. The fourth-order valence-electron chi connectivity index (χ4n) is 1.29. The van der Waals surface area contributed by atoms with Crippen LogP contribution in [-0.2, 0) is 9.59 Å². The first-order chi connectivity index (χ1) is 9.67. The van der Waals surface area contributed by atoms with Crippen molar-refractivity contribution in [2.75, 3.05) is 0 Å². The lowest BCUT2D eigenvalue weighted by Crippen LogP contribution is -2.41. The molecule has 0 bridgehead atoms. The molecule has 2 amide bonds. The zero-order valence-electron chi connectivity index (χ0n) is 11.0. The molecule has 1 unspecified atom stereocenters. The predicted octanol–water partition coefficient (Wildman–Crippen LogP) is 2.30. The number of nitrogens with two attached hydrogens (primary N) is 1. The summed E-state index contributed by atoms with van der Waals surface area (Å²) >= 11 is -0.209. The highest BCUT2D eigenvalue weighted by Crippen LogP contribution is 2.36. The first-order valence-corrected chi connectivity index (χ1v) is 6.63. The molecule has 1 atom stereocenters. The number of rotatable bonds is 5. The van der Waals surface area contributed by atoms with Gasteiger partial charge in [0.25, 0.3) is 0 Å². The third-order valence-electron chi connectivity index (χ3n) is 2.33. The Labute approximate surface area is 123 Å². The minimum Gasteiger partial charge on any atom is -0.368 e. The number of carbonyl (C=O) groups excluding carboxylic acids is 2. The first kappa shape index (κ1) is 17.1. The minimum absolute atomic E-state index is 0.0615. The molecular weight excluding hydrogens is 305 g/mol. The maximum Gasteiger partial charge on any atom is 0.446 e. The highest BCUT2D eigenvalue weighted by molar-refractivity contribution is 8.00. The topological polar surface area (TPSA) is 72.2 Å². The largest absolute Gasteiger partial charge is 0.446 e. The highest BCUT2D eigenvalue weighted by atomic mass is 32.2. The van der Waals surface area contributed by atoms with Gasteiger partial charge in [0.05, 0.1) is 0 Å². The van der Waals surface area contributed by atoms with Crippen LogP contribution in [0.4, 0.5) is 13.2 Å². The molecule has 0 aliphatic carbocycles. The number of hydrogen-bond acceptors (Lipinski definition) is 3. The zero-order valence-corrected chi connectivity index (χ0v) is 11.8. The van der Waals surface area contributed by atoms with Gasteiger partial charge in [-0.3, -0.25) is 9.59 Å². The van der Waals surface area contributed by atoms with Gasteiger partial charge in [-0.1, -0.05) is 12.1 Å². The second-order valence-corrected chi connectivity index (χ2v) is 5.22. The van der Waals surface area contributed by atoms with E-state index >= 15 is 0 Å². The number of hydrogen-bond donors (Lipinski definition) is 2. The lowest BCUT2D eigenvalue weighted by Gasteiger charge is -2.07. The van der Waals surface area contributed by atoms with Crippen molar-refractivity contribution < 1.29 is 22.8 Å². The van der Waals surface area contributed by atoms with Crippen molar-refractivity contribution in [2.45, 2.75) is 23.4 Å². The number of benzene rings is 1. The van der Waals surface area contributed by atoms with E-state index < -0.39 is 23.4 Å². The Kier molecular flexibility index (Phi) is 5.83. The fourth-order valence-corrected chi connectivity index (χ4v) is 1.82. The molecule has 4 nitrogen and oxygen atoms in total. The summed E-state index contributed by atoms with van der Waals surface area (Å²) in [7, 11) is 0. The van der Waals surface area contributed by atoms with Crippen LogP contribution in [0.15, 0.2) is 35.2 Å². The van der Waals surface area contributed by atoms with Gasteiger partial charge in [0.2, 0.25) is 11.8 Å². The molecule has 21 heavy (non-hydrogen) atoms. The molecular formula is C13H13F3N2O2S. The first-order valence-electron chi connectivity index (χ1n) is 5.81. The predicted molar refractivity (Wildman–Crippen MR) is 74.2 cm³/mol. The lowest BCUT2D eigenvalue weighted by molar-refractivity contribution is -0.124. The van der Waals surface area contributed by atoms with Gasteiger partial charge in [-0.25, -0.2) is 0 Å². The third kappa shape index (κ3) is 6.84. The van der Waals surface area contributed by atoms with Crippen LogP contribution in [0.2, 0.25) is 0 Å².